The van der Waals surface area contributed by atoms with Gasteiger partial charge in [0.1, 0.15) is 5.75 Å². The number of carbonyl (C=O) groups is 1. The Balaban J connectivity index is 1.86. The molecule has 1 atom stereocenters. The molecule has 1 N–H and O–H groups in total. The Bertz CT molecular complexity index is 630. The SMILES string of the molecule is C[C@H](Oc1ccc(C#N)cc1)C(=O)NCc1ccccc1. The van der Waals surface area contributed by atoms with E-state index in [1.165, 1.54) is 0 Å². The van der Waals surface area contributed by atoms with Crippen molar-refractivity contribution in [3.05, 3.63) is 65.7 Å². The summed E-state index contributed by atoms with van der Waals surface area (Å²) in [5.74, 6) is 0.388. The number of carbonyl (C=O) groups excluding carboxylic acids is 1. The summed E-state index contributed by atoms with van der Waals surface area (Å²) in [6.07, 6.45) is -0.596. The van der Waals surface area contributed by atoms with Crippen LogP contribution >= 0.6 is 0 Å². The second kappa shape index (κ2) is 7.11. The molecule has 2 aromatic carbocycles. The smallest absolute Gasteiger partial charge is 0.261 e. The number of hydrogen-bond acceptors (Lipinski definition) is 3. The fourth-order valence-electron chi connectivity index (χ4n) is 1.79. The number of amides is 1. The molecule has 4 nitrogen and oxygen atoms in total. The lowest BCUT2D eigenvalue weighted by Gasteiger charge is -2.14. The lowest BCUT2D eigenvalue weighted by atomic mass is 10.2. The van der Waals surface area contributed by atoms with E-state index in [9.17, 15) is 4.79 Å². The van der Waals surface area contributed by atoms with Crippen molar-refractivity contribution in [1.82, 2.24) is 5.32 Å². The Morgan fingerprint density at radius 2 is 1.86 bits per heavy atom. The van der Waals surface area contributed by atoms with E-state index in [2.05, 4.69) is 5.32 Å². The first-order chi connectivity index (χ1) is 10.2. The lowest BCUT2D eigenvalue weighted by Crippen LogP contribution is -2.35. The second-order valence-electron chi connectivity index (χ2n) is 4.60. The van der Waals surface area contributed by atoms with Gasteiger partial charge in [-0.1, -0.05) is 30.3 Å². The van der Waals surface area contributed by atoms with Crippen molar-refractivity contribution < 1.29 is 9.53 Å². The highest BCUT2D eigenvalue weighted by Gasteiger charge is 2.14. The zero-order valence-corrected chi connectivity index (χ0v) is 11.7. The molecule has 0 radical (unpaired) electrons. The summed E-state index contributed by atoms with van der Waals surface area (Å²) in [5.41, 5.74) is 1.60. The van der Waals surface area contributed by atoms with Crippen LogP contribution in [0.4, 0.5) is 0 Å². The quantitative estimate of drug-likeness (QED) is 0.915. The van der Waals surface area contributed by atoms with Gasteiger partial charge in [-0.2, -0.15) is 5.26 Å². The number of ether oxygens (including phenoxy) is 1. The molecule has 0 spiro atoms. The first-order valence-corrected chi connectivity index (χ1v) is 6.67. The zero-order valence-electron chi connectivity index (χ0n) is 11.7. The topological polar surface area (TPSA) is 62.1 Å². The minimum Gasteiger partial charge on any atom is -0.481 e. The monoisotopic (exact) mass is 280 g/mol. The zero-order chi connectivity index (χ0) is 15.1. The summed E-state index contributed by atoms with van der Waals surface area (Å²) in [6.45, 7) is 2.17. The van der Waals surface area contributed by atoms with Crippen LogP contribution < -0.4 is 10.1 Å². The second-order valence-corrected chi connectivity index (χ2v) is 4.60. The Morgan fingerprint density at radius 3 is 2.48 bits per heavy atom. The van der Waals surface area contributed by atoms with E-state index >= 15 is 0 Å². The highest BCUT2D eigenvalue weighted by Crippen LogP contribution is 2.13. The van der Waals surface area contributed by atoms with E-state index in [-0.39, 0.29) is 5.91 Å². The third-order valence-electron chi connectivity index (χ3n) is 2.98. The van der Waals surface area contributed by atoms with Crippen molar-refractivity contribution in [3.8, 4) is 11.8 Å². The Kier molecular flexibility index (Phi) is 4.94. The Hall–Kier alpha value is -2.80. The molecule has 0 aliphatic heterocycles. The van der Waals surface area contributed by atoms with Crippen LogP contribution in [0.1, 0.15) is 18.1 Å². The number of nitrogens with zero attached hydrogens (tertiary/aromatic N) is 1. The number of hydrogen-bond donors (Lipinski definition) is 1. The molecular formula is C17H16N2O2. The molecule has 21 heavy (non-hydrogen) atoms. The van der Waals surface area contributed by atoms with Gasteiger partial charge < -0.3 is 10.1 Å². The molecule has 4 heteroatoms. The van der Waals surface area contributed by atoms with Crippen LogP contribution in [0.5, 0.6) is 5.75 Å². The minimum absolute atomic E-state index is 0.178. The lowest BCUT2D eigenvalue weighted by molar-refractivity contribution is -0.127. The van der Waals surface area contributed by atoms with Gasteiger partial charge in [-0.05, 0) is 36.8 Å². The summed E-state index contributed by atoms with van der Waals surface area (Å²) >= 11 is 0. The Morgan fingerprint density at radius 1 is 1.19 bits per heavy atom. The highest BCUT2D eigenvalue weighted by atomic mass is 16.5. The number of benzene rings is 2. The minimum atomic E-state index is -0.596. The fourth-order valence-corrected chi connectivity index (χ4v) is 1.79. The van der Waals surface area contributed by atoms with E-state index < -0.39 is 6.10 Å². The van der Waals surface area contributed by atoms with Gasteiger partial charge in [-0.15, -0.1) is 0 Å². The molecule has 0 bridgehead atoms. The van der Waals surface area contributed by atoms with Crippen LogP contribution in [0.15, 0.2) is 54.6 Å². The molecule has 0 aromatic heterocycles. The van der Waals surface area contributed by atoms with E-state index in [1.54, 1.807) is 31.2 Å². The first kappa shape index (κ1) is 14.6. The third kappa shape index (κ3) is 4.36. The standard InChI is InChI=1S/C17H16N2O2/c1-13(21-16-9-7-14(11-18)8-10-16)17(20)19-12-15-5-3-2-4-6-15/h2-10,13H,12H2,1H3,(H,19,20)/t13-/m0/s1. The summed E-state index contributed by atoms with van der Waals surface area (Å²) in [4.78, 5) is 12.0. The van der Waals surface area contributed by atoms with Gasteiger partial charge in [0.15, 0.2) is 6.10 Å². The van der Waals surface area contributed by atoms with Gasteiger partial charge in [0.25, 0.3) is 5.91 Å². The largest absolute Gasteiger partial charge is 0.481 e. The highest BCUT2D eigenvalue weighted by molar-refractivity contribution is 5.80. The van der Waals surface area contributed by atoms with Gasteiger partial charge in [0.2, 0.25) is 0 Å². The van der Waals surface area contributed by atoms with Crippen molar-refractivity contribution in [3.63, 3.8) is 0 Å². The normalized spacial score (nSPS) is 11.2. The van der Waals surface area contributed by atoms with Crippen molar-refractivity contribution >= 4 is 5.91 Å². The van der Waals surface area contributed by atoms with Crippen LogP contribution in [0, 0.1) is 11.3 Å². The van der Waals surface area contributed by atoms with E-state index in [4.69, 9.17) is 10.00 Å². The summed E-state index contributed by atoms with van der Waals surface area (Å²) in [5, 5.41) is 11.5. The molecule has 1 amide bonds. The predicted octanol–water partition coefficient (Wildman–Crippen LogP) is 2.64. The van der Waals surface area contributed by atoms with Crippen LogP contribution in [-0.2, 0) is 11.3 Å². The summed E-state index contributed by atoms with van der Waals surface area (Å²) in [7, 11) is 0. The number of nitrogens with one attached hydrogen (secondary N) is 1. The molecule has 0 heterocycles. The van der Waals surface area contributed by atoms with Gasteiger partial charge >= 0.3 is 0 Å². The summed E-state index contributed by atoms with van der Waals surface area (Å²) in [6, 6.07) is 18.4. The molecule has 0 saturated heterocycles. The van der Waals surface area contributed by atoms with Crippen molar-refractivity contribution in [2.45, 2.75) is 19.6 Å². The van der Waals surface area contributed by atoms with Crippen molar-refractivity contribution in [2.75, 3.05) is 0 Å². The molecule has 0 aliphatic rings. The van der Waals surface area contributed by atoms with E-state index in [0.29, 0.717) is 17.9 Å². The summed E-state index contributed by atoms with van der Waals surface area (Å²) < 4.78 is 5.54. The van der Waals surface area contributed by atoms with Gasteiger partial charge in [0.05, 0.1) is 11.6 Å². The third-order valence-corrected chi connectivity index (χ3v) is 2.98. The number of nitriles is 1. The van der Waals surface area contributed by atoms with Crippen LogP contribution in [0.25, 0.3) is 0 Å². The van der Waals surface area contributed by atoms with Crippen LogP contribution in [0.3, 0.4) is 0 Å². The predicted molar refractivity (Wildman–Crippen MR) is 79.5 cm³/mol. The van der Waals surface area contributed by atoms with E-state index in [0.717, 1.165) is 5.56 Å². The van der Waals surface area contributed by atoms with Gasteiger partial charge in [-0.25, -0.2) is 0 Å². The maximum Gasteiger partial charge on any atom is 0.261 e. The molecule has 0 aliphatic carbocycles. The van der Waals surface area contributed by atoms with Gasteiger partial charge in [-0.3, -0.25) is 4.79 Å². The molecule has 106 valence electrons. The molecular weight excluding hydrogens is 264 g/mol. The Labute approximate surface area is 124 Å². The molecule has 0 saturated carbocycles. The molecule has 2 rings (SSSR count). The van der Waals surface area contributed by atoms with Gasteiger partial charge in [0, 0.05) is 6.54 Å². The first-order valence-electron chi connectivity index (χ1n) is 6.67. The van der Waals surface area contributed by atoms with Crippen LogP contribution in [-0.4, -0.2) is 12.0 Å². The maximum absolute atomic E-state index is 12.0. The average Bonchev–Trinajstić information content (AvgIpc) is 2.54. The maximum atomic E-state index is 12.0. The molecule has 0 fully saturated rings. The average molecular weight is 280 g/mol. The van der Waals surface area contributed by atoms with Crippen molar-refractivity contribution in [2.24, 2.45) is 0 Å². The molecule has 0 unspecified atom stereocenters. The van der Waals surface area contributed by atoms with Crippen molar-refractivity contribution in [1.29, 1.82) is 5.26 Å². The van der Waals surface area contributed by atoms with Crippen LogP contribution in [0.2, 0.25) is 0 Å². The van der Waals surface area contributed by atoms with E-state index in [1.807, 2.05) is 36.4 Å². The molecule has 2 aromatic rings. The number of rotatable bonds is 5. The fraction of sp³-hybridized carbons (Fsp3) is 0.176.